The molecular formula is C20H21N5O3. The molecule has 28 heavy (non-hydrogen) atoms. The van der Waals surface area contributed by atoms with Crippen molar-refractivity contribution in [2.24, 2.45) is 0 Å². The number of aromatic nitrogens is 4. The molecule has 3 aromatic rings. The van der Waals surface area contributed by atoms with E-state index in [4.69, 9.17) is 9.47 Å². The summed E-state index contributed by atoms with van der Waals surface area (Å²) in [5.74, 6) is 2.75. The van der Waals surface area contributed by atoms with Gasteiger partial charge >= 0.3 is 0 Å². The van der Waals surface area contributed by atoms with E-state index in [1.807, 2.05) is 42.5 Å². The van der Waals surface area contributed by atoms with Crippen LogP contribution in [-0.4, -0.2) is 38.8 Å². The zero-order chi connectivity index (χ0) is 19.5. The maximum absolute atomic E-state index is 12.0. The summed E-state index contributed by atoms with van der Waals surface area (Å²) in [6, 6.07) is 7.57. The summed E-state index contributed by atoms with van der Waals surface area (Å²) in [5.41, 5.74) is 2.86. The second-order valence-electron chi connectivity index (χ2n) is 6.63. The van der Waals surface area contributed by atoms with E-state index in [1.54, 1.807) is 6.08 Å². The van der Waals surface area contributed by atoms with Crippen molar-refractivity contribution in [1.82, 2.24) is 24.9 Å². The summed E-state index contributed by atoms with van der Waals surface area (Å²) < 4.78 is 12.6. The molecule has 3 heterocycles. The molecular weight excluding hydrogens is 358 g/mol. The number of carbonyl (C=O) groups excluding carboxylic acids is 1. The second kappa shape index (κ2) is 7.67. The van der Waals surface area contributed by atoms with Gasteiger partial charge in [-0.25, -0.2) is 4.98 Å². The minimum Gasteiger partial charge on any atom is -0.454 e. The first-order valence-electron chi connectivity index (χ1n) is 9.14. The highest BCUT2D eigenvalue weighted by Gasteiger charge is 2.12. The Hall–Kier alpha value is -3.42. The van der Waals surface area contributed by atoms with Crippen LogP contribution in [0.5, 0.6) is 11.5 Å². The lowest BCUT2D eigenvalue weighted by Crippen LogP contribution is -2.22. The van der Waals surface area contributed by atoms with Crippen molar-refractivity contribution in [3.8, 4) is 11.5 Å². The maximum Gasteiger partial charge on any atom is 0.255 e. The smallest absolute Gasteiger partial charge is 0.255 e. The average Bonchev–Trinajstić information content (AvgIpc) is 3.29. The van der Waals surface area contributed by atoms with Crippen molar-refractivity contribution in [2.45, 2.75) is 26.7 Å². The molecule has 4 rings (SSSR count). The van der Waals surface area contributed by atoms with Gasteiger partial charge in [0, 0.05) is 30.4 Å². The van der Waals surface area contributed by atoms with Crippen molar-refractivity contribution >= 4 is 17.8 Å². The van der Waals surface area contributed by atoms with E-state index in [-0.39, 0.29) is 12.7 Å². The van der Waals surface area contributed by atoms with Crippen LogP contribution in [0.3, 0.4) is 0 Å². The molecule has 8 nitrogen and oxygen atoms in total. The molecule has 1 aliphatic rings. The number of nitrogens with zero attached hydrogens (tertiary/aromatic N) is 4. The first-order chi connectivity index (χ1) is 13.6. The lowest BCUT2D eigenvalue weighted by atomic mass is 10.2. The van der Waals surface area contributed by atoms with Crippen LogP contribution in [0.4, 0.5) is 0 Å². The molecule has 1 aromatic carbocycles. The van der Waals surface area contributed by atoms with Gasteiger partial charge in [-0.15, -0.1) is 10.2 Å². The molecule has 1 amide bonds. The third kappa shape index (κ3) is 3.80. The molecule has 0 spiro atoms. The van der Waals surface area contributed by atoms with E-state index in [1.165, 1.54) is 6.08 Å². The Balaban J connectivity index is 1.28. The third-order valence-corrected chi connectivity index (χ3v) is 4.46. The quantitative estimate of drug-likeness (QED) is 0.522. The first-order valence-corrected chi connectivity index (χ1v) is 9.14. The monoisotopic (exact) mass is 379 g/mol. The number of nitrogens with one attached hydrogen (secondary N) is 1. The summed E-state index contributed by atoms with van der Waals surface area (Å²) in [4.78, 5) is 16.4. The zero-order valence-electron chi connectivity index (χ0n) is 15.8. The number of fused-ring (bicyclic) bond motifs is 2. The molecule has 0 unspecified atom stereocenters. The number of benzene rings is 1. The van der Waals surface area contributed by atoms with Gasteiger partial charge in [0.05, 0.1) is 0 Å². The van der Waals surface area contributed by atoms with Gasteiger partial charge in [-0.1, -0.05) is 6.07 Å². The lowest BCUT2D eigenvalue weighted by molar-refractivity contribution is -0.116. The van der Waals surface area contributed by atoms with Gasteiger partial charge in [0.1, 0.15) is 5.82 Å². The largest absolute Gasteiger partial charge is 0.454 e. The SMILES string of the molecule is Cc1cc(C)n2c(CCCNC(=O)C=Cc3ccc4c(c3)OCO4)nnc2n1. The van der Waals surface area contributed by atoms with Crippen LogP contribution >= 0.6 is 0 Å². The number of rotatable bonds is 6. The molecule has 2 aromatic heterocycles. The molecule has 8 heteroatoms. The van der Waals surface area contributed by atoms with Crippen LogP contribution in [0, 0.1) is 13.8 Å². The molecule has 0 saturated carbocycles. The van der Waals surface area contributed by atoms with E-state index in [2.05, 4.69) is 20.5 Å². The predicted octanol–water partition coefficient (Wildman–Crippen LogP) is 2.23. The predicted molar refractivity (Wildman–Crippen MR) is 103 cm³/mol. The minimum atomic E-state index is -0.141. The highest BCUT2D eigenvalue weighted by atomic mass is 16.7. The summed E-state index contributed by atoms with van der Waals surface area (Å²) in [7, 11) is 0. The second-order valence-corrected chi connectivity index (χ2v) is 6.63. The standard InChI is InChI=1S/C20H21N5O3/c1-13-10-14(2)25-18(23-24-20(25)22-13)4-3-9-21-19(26)8-6-15-5-7-16-17(11-15)28-12-27-16/h5-8,10-11H,3-4,9,12H2,1-2H3,(H,21,26). The molecule has 144 valence electrons. The topological polar surface area (TPSA) is 90.6 Å². The Morgan fingerprint density at radius 3 is 2.96 bits per heavy atom. The van der Waals surface area contributed by atoms with Gasteiger partial charge in [-0.2, -0.15) is 0 Å². The van der Waals surface area contributed by atoms with Gasteiger partial charge in [-0.3, -0.25) is 9.20 Å². The number of carbonyl (C=O) groups is 1. The van der Waals surface area contributed by atoms with Crippen LogP contribution in [0.15, 0.2) is 30.3 Å². The number of hydrogen-bond acceptors (Lipinski definition) is 6. The Kier molecular flexibility index (Phi) is 4.92. The van der Waals surface area contributed by atoms with Crippen LogP contribution in [0.1, 0.15) is 29.2 Å². The fourth-order valence-corrected chi connectivity index (χ4v) is 3.17. The maximum atomic E-state index is 12.0. The Labute approximate surface area is 162 Å². The fourth-order valence-electron chi connectivity index (χ4n) is 3.17. The summed E-state index contributed by atoms with van der Waals surface area (Å²) in [5, 5.41) is 11.2. The summed E-state index contributed by atoms with van der Waals surface area (Å²) in [6.07, 6.45) is 4.73. The molecule has 0 atom stereocenters. The molecule has 1 aliphatic heterocycles. The van der Waals surface area contributed by atoms with E-state index in [0.717, 1.165) is 34.9 Å². The van der Waals surface area contributed by atoms with Crippen LogP contribution in [-0.2, 0) is 11.2 Å². The molecule has 1 N–H and O–H groups in total. The summed E-state index contributed by atoms with van der Waals surface area (Å²) in [6.45, 7) is 4.74. The van der Waals surface area contributed by atoms with Crippen molar-refractivity contribution in [2.75, 3.05) is 13.3 Å². The fraction of sp³-hybridized carbons (Fsp3) is 0.300. The number of ether oxygens (including phenoxy) is 2. The Morgan fingerprint density at radius 1 is 1.21 bits per heavy atom. The van der Waals surface area contributed by atoms with Gasteiger partial charge < -0.3 is 14.8 Å². The van der Waals surface area contributed by atoms with Gasteiger partial charge in [-0.05, 0) is 50.1 Å². The highest BCUT2D eigenvalue weighted by molar-refractivity contribution is 5.91. The number of aryl methyl sites for hydroxylation is 3. The van der Waals surface area contributed by atoms with Gasteiger partial charge in [0.25, 0.3) is 5.78 Å². The molecule has 0 radical (unpaired) electrons. The zero-order valence-corrected chi connectivity index (χ0v) is 15.8. The van der Waals surface area contributed by atoms with E-state index < -0.39 is 0 Å². The third-order valence-electron chi connectivity index (χ3n) is 4.46. The van der Waals surface area contributed by atoms with Crippen LogP contribution in [0.25, 0.3) is 11.9 Å². The number of amides is 1. The van der Waals surface area contributed by atoms with E-state index >= 15 is 0 Å². The Morgan fingerprint density at radius 2 is 2.07 bits per heavy atom. The first kappa shape index (κ1) is 18.0. The van der Waals surface area contributed by atoms with Gasteiger partial charge in [0.2, 0.25) is 12.7 Å². The van der Waals surface area contributed by atoms with Gasteiger partial charge in [0.15, 0.2) is 11.5 Å². The van der Waals surface area contributed by atoms with Crippen LogP contribution in [0.2, 0.25) is 0 Å². The molecule has 0 saturated heterocycles. The normalized spacial score (nSPS) is 12.8. The molecule has 0 fully saturated rings. The minimum absolute atomic E-state index is 0.141. The van der Waals surface area contributed by atoms with Crippen molar-refractivity contribution in [3.63, 3.8) is 0 Å². The van der Waals surface area contributed by atoms with Crippen molar-refractivity contribution in [1.29, 1.82) is 0 Å². The Bertz CT molecular complexity index is 1060. The number of hydrogen-bond donors (Lipinski definition) is 1. The molecule has 0 bridgehead atoms. The lowest BCUT2D eigenvalue weighted by Gasteiger charge is -2.05. The van der Waals surface area contributed by atoms with Crippen molar-refractivity contribution in [3.05, 3.63) is 53.1 Å². The highest BCUT2D eigenvalue weighted by Crippen LogP contribution is 2.32. The van der Waals surface area contributed by atoms with E-state index in [0.29, 0.717) is 24.5 Å². The van der Waals surface area contributed by atoms with Crippen molar-refractivity contribution < 1.29 is 14.3 Å². The van der Waals surface area contributed by atoms with Crippen LogP contribution < -0.4 is 14.8 Å². The van der Waals surface area contributed by atoms with E-state index in [9.17, 15) is 4.79 Å². The molecule has 0 aliphatic carbocycles. The average molecular weight is 379 g/mol. The summed E-state index contributed by atoms with van der Waals surface area (Å²) >= 11 is 0.